The van der Waals surface area contributed by atoms with E-state index in [-0.39, 0.29) is 11.9 Å². The first-order chi connectivity index (χ1) is 14.1. The zero-order valence-electron chi connectivity index (χ0n) is 17.4. The third kappa shape index (κ3) is 5.78. The van der Waals surface area contributed by atoms with Crippen molar-refractivity contribution in [2.24, 2.45) is 10.9 Å². The van der Waals surface area contributed by atoms with Crippen LogP contribution in [0.1, 0.15) is 35.4 Å². The molecule has 0 spiro atoms. The molecule has 1 aromatic carbocycles. The molecule has 2 aromatic rings. The Labute approximate surface area is 177 Å². The average Bonchev–Trinajstić information content (AvgIpc) is 3.26. The number of rotatable bonds is 7. The zero-order valence-corrected chi connectivity index (χ0v) is 18.2. The zero-order chi connectivity index (χ0) is 20.6. The Morgan fingerprint density at radius 1 is 1.31 bits per heavy atom. The molecule has 0 amide bonds. The van der Waals surface area contributed by atoms with Crippen LogP contribution in [0.4, 0.5) is 4.39 Å². The van der Waals surface area contributed by atoms with Crippen LogP contribution in [-0.2, 0) is 4.74 Å². The van der Waals surface area contributed by atoms with Crippen LogP contribution in [0.2, 0.25) is 0 Å². The Hall–Kier alpha value is -1.96. The maximum atomic E-state index is 13.2. The Balaban J connectivity index is 1.56. The summed E-state index contributed by atoms with van der Waals surface area (Å²) in [4.78, 5) is 8.26. The molecule has 2 N–H and O–H groups in total. The summed E-state index contributed by atoms with van der Waals surface area (Å²) in [7, 11) is 5.66. The van der Waals surface area contributed by atoms with E-state index in [9.17, 15) is 4.39 Å². The van der Waals surface area contributed by atoms with Gasteiger partial charge in [0.05, 0.1) is 6.10 Å². The van der Waals surface area contributed by atoms with Crippen molar-refractivity contribution in [3.63, 3.8) is 0 Å². The smallest absolute Gasteiger partial charge is 0.191 e. The number of aliphatic imine (C=N–C) groups is 1. The lowest BCUT2D eigenvalue weighted by molar-refractivity contribution is 0.106. The predicted octanol–water partition coefficient (Wildman–Crippen LogP) is 3.82. The molecule has 1 aliphatic heterocycles. The van der Waals surface area contributed by atoms with Crippen molar-refractivity contribution < 1.29 is 9.13 Å². The molecule has 1 aromatic heterocycles. The van der Waals surface area contributed by atoms with Gasteiger partial charge in [0.1, 0.15) is 5.82 Å². The predicted molar refractivity (Wildman–Crippen MR) is 118 cm³/mol. The van der Waals surface area contributed by atoms with Gasteiger partial charge in [0.2, 0.25) is 0 Å². The van der Waals surface area contributed by atoms with Crippen LogP contribution < -0.4 is 10.6 Å². The molecule has 29 heavy (non-hydrogen) atoms. The number of thiophene rings is 1. The quantitative estimate of drug-likeness (QED) is 0.530. The first kappa shape index (κ1) is 21.7. The Morgan fingerprint density at radius 2 is 2.10 bits per heavy atom. The van der Waals surface area contributed by atoms with Gasteiger partial charge in [0.25, 0.3) is 0 Å². The highest BCUT2D eigenvalue weighted by atomic mass is 32.1. The van der Waals surface area contributed by atoms with Crippen molar-refractivity contribution in [1.29, 1.82) is 0 Å². The fourth-order valence-corrected chi connectivity index (χ4v) is 5.02. The van der Waals surface area contributed by atoms with Gasteiger partial charge >= 0.3 is 0 Å². The number of hydrogen-bond donors (Lipinski definition) is 2. The highest BCUT2D eigenvalue weighted by molar-refractivity contribution is 7.10. The topological polar surface area (TPSA) is 48.9 Å². The molecule has 3 rings (SSSR count). The van der Waals surface area contributed by atoms with Crippen LogP contribution in [0.25, 0.3) is 0 Å². The Bertz CT molecular complexity index is 766. The molecule has 0 saturated carbocycles. The lowest BCUT2D eigenvalue weighted by Gasteiger charge is -2.39. The summed E-state index contributed by atoms with van der Waals surface area (Å²) in [6, 6.07) is 11.2. The van der Waals surface area contributed by atoms with Gasteiger partial charge in [-0.15, -0.1) is 11.3 Å². The van der Waals surface area contributed by atoms with Crippen LogP contribution in [0.5, 0.6) is 0 Å². The van der Waals surface area contributed by atoms with Gasteiger partial charge in [-0.2, -0.15) is 0 Å². The van der Waals surface area contributed by atoms with Crippen LogP contribution in [0.3, 0.4) is 0 Å². The second-order valence-electron chi connectivity index (χ2n) is 7.45. The Morgan fingerprint density at radius 3 is 2.76 bits per heavy atom. The van der Waals surface area contributed by atoms with E-state index in [2.05, 4.69) is 45.1 Å². The van der Waals surface area contributed by atoms with E-state index in [1.165, 1.54) is 29.9 Å². The largest absolute Gasteiger partial charge is 0.375 e. The molecule has 3 atom stereocenters. The van der Waals surface area contributed by atoms with Gasteiger partial charge in [-0.05, 0) is 61.5 Å². The number of benzene rings is 1. The molecule has 3 unspecified atom stereocenters. The highest BCUT2D eigenvalue weighted by Crippen LogP contribution is 2.36. The summed E-state index contributed by atoms with van der Waals surface area (Å²) < 4.78 is 18.7. The summed E-state index contributed by atoms with van der Waals surface area (Å²) >= 11 is 1.83. The summed E-state index contributed by atoms with van der Waals surface area (Å²) in [6.07, 6.45) is 2.24. The highest BCUT2D eigenvalue weighted by Gasteiger charge is 2.31. The number of hydrogen-bond acceptors (Lipinski definition) is 4. The normalized spacial score (nSPS) is 21.7. The van der Waals surface area contributed by atoms with Crippen molar-refractivity contribution in [3.8, 4) is 0 Å². The summed E-state index contributed by atoms with van der Waals surface area (Å²) in [5, 5.41) is 8.99. The molecular weight excluding hydrogens is 387 g/mol. The number of nitrogens with one attached hydrogen (secondary N) is 2. The van der Waals surface area contributed by atoms with Crippen LogP contribution in [-0.4, -0.2) is 51.7 Å². The van der Waals surface area contributed by atoms with Crippen molar-refractivity contribution in [2.45, 2.75) is 25.0 Å². The summed E-state index contributed by atoms with van der Waals surface area (Å²) in [6.45, 7) is 2.56. The van der Waals surface area contributed by atoms with E-state index < -0.39 is 0 Å². The molecule has 158 valence electrons. The van der Waals surface area contributed by atoms with Gasteiger partial charge in [-0.25, -0.2) is 4.39 Å². The second kappa shape index (κ2) is 10.7. The number of guanidine groups is 1. The van der Waals surface area contributed by atoms with Crippen molar-refractivity contribution in [1.82, 2.24) is 15.5 Å². The number of piperidine rings is 1. The number of likely N-dealkylation sites (tertiary alicyclic amines) is 1. The first-order valence-electron chi connectivity index (χ1n) is 10.1. The Kier molecular flexibility index (Phi) is 8.03. The first-order valence-corrected chi connectivity index (χ1v) is 11.0. The van der Waals surface area contributed by atoms with Crippen molar-refractivity contribution >= 4 is 17.3 Å². The molecule has 1 aliphatic rings. The number of nitrogens with zero attached hydrogens (tertiary/aromatic N) is 2. The fraction of sp³-hybridized carbons (Fsp3) is 0.500. The van der Waals surface area contributed by atoms with E-state index in [1.54, 1.807) is 26.3 Å². The molecular formula is C22H31FN4OS. The van der Waals surface area contributed by atoms with E-state index >= 15 is 0 Å². The second-order valence-corrected chi connectivity index (χ2v) is 8.43. The summed E-state index contributed by atoms with van der Waals surface area (Å²) in [5.74, 6) is 1.04. The number of halogens is 1. The average molecular weight is 419 g/mol. The van der Waals surface area contributed by atoms with E-state index in [0.717, 1.165) is 24.6 Å². The molecule has 1 saturated heterocycles. The van der Waals surface area contributed by atoms with E-state index in [0.29, 0.717) is 18.5 Å². The molecule has 0 radical (unpaired) electrons. The van der Waals surface area contributed by atoms with Crippen LogP contribution >= 0.6 is 11.3 Å². The minimum Gasteiger partial charge on any atom is -0.375 e. The third-order valence-electron chi connectivity index (χ3n) is 5.58. The van der Waals surface area contributed by atoms with Crippen molar-refractivity contribution in [2.75, 3.05) is 40.8 Å². The van der Waals surface area contributed by atoms with Crippen LogP contribution in [0.15, 0.2) is 46.8 Å². The van der Waals surface area contributed by atoms with Crippen LogP contribution in [0, 0.1) is 11.7 Å². The minimum absolute atomic E-state index is 0.172. The molecule has 5 nitrogen and oxygen atoms in total. The SMILES string of the molecule is CN=C(NCC(OC)c1ccc(F)cc1)NCC1CCCN(C)C1c1cccs1. The monoisotopic (exact) mass is 418 g/mol. The number of ether oxygens (including phenoxy) is 1. The van der Waals surface area contributed by atoms with Gasteiger partial charge in [-0.1, -0.05) is 18.2 Å². The minimum atomic E-state index is -0.244. The van der Waals surface area contributed by atoms with E-state index in [1.807, 2.05) is 11.3 Å². The standard InChI is InChI=1S/C22H31FN4OS/c1-24-22(26-15-19(28-3)16-8-10-18(23)11-9-16)25-14-17-6-4-12-27(2)21(17)20-7-5-13-29-20/h5,7-11,13,17,19,21H,4,6,12,14-15H2,1-3H3,(H2,24,25,26). The molecule has 2 heterocycles. The van der Waals surface area contributed by atoms with Crippen molar-refractivity contribution in [3.05, 3.63) is 58.0 Å². The molecule has 7 heteroatoms. The molecule has 0 bridgehead atoms. The lowest BCUT2D eigenvalue weighted by Crippen LogP contribution is -2.45. The molecule has 1 fully saturated rings. The maximum Gasteiger partial charge on any atom is 0.191 e. The molecule has 0 aliphatic carbocycles. The maximum absolute atomic E-state index is 13.2. The summed E-state index contributed by atoms with van der Waals surface area (Å²) in [5.41, 5.74) is 0.934. The van der Waals surface area contributed by atoms with Gasteiger partial charge in [0, 0.05) is 38.2 Å². The van der Waals surface area contributed by atoms with Gasteiger partial charge in [0.15, 0.2) is 5.96 Å². The number of methoxy groups -OCH3 is 1. The van der Waals surface area contributed by atoms with Gasteiger partial charge in [-0.3, -0.25) is 9.89 Å². The third-order valence-corrected chi connectivity index (χ3v) is 6.52. The fourth-order valence-electron chi connectivity index (χ4n) is 4.03. The van der Waals surface area contributed by atoms with Gasteiger partial charge < -0.3 is 15.4 Å². The lowest BCUT2D eigenvalue weighted by atomic mass is 9.88. The van der Waals surface area contributed by atoms with E-state index in [4.69, 9.17) is 4.74 Å².